The standard InChI is InChI=1S/C26H45N3O7S2/c1-20(18-27)26(28-13-11-23(33)29-14-7-3-4-9-24(29)35-19-31)36-25(34)10-6-5-8-22(38-21(2)32)12-16-37-17-15-30/h15,19-20,22,24,26,28H,3-14,16-18,27H2,1-2H3. The lowest BCUT2D eigenvalue weighted by molar-refractivity contribution is -0.154. The van der Waals surface area contributed by atoms with E-state index in [1.165, 1.54) is 11.8 Å². The third-order valence-corrected chi connectivity index (χ3v) is 8.35. The number of amides is 1. The van der Waals surface area contributed by atoms with Crippen molar-refractivity contribution in [2.24, 2.45) is 11.7 Å². The lowest BCUT2D eigenvalue weighted by Gasteiger charge is -2.29. The van der Waals surface area contributed by atoms with Crippen LogP contribution in [0.3, 0.4) is 0 Å². The molecule has 12 heteroatoms. The molecule has 0 saturated carbocycles. The monoisotopic (exact) mass is 575 g/mol. The van der Waals surface area contributed by atoms with E-state index in [1.54, 1.807) is 23.6 Å². The van der Waals surface area contributed by atoms with Crippen molar-refractivity contribution in [1.29, 1.82) is 0 Å². The molecule has 0 bridgehead atoms. The van der Waals surface area contributed by atoms with Gasteiger partial charge in [0.15, 0.2) is 17.6 Å². The Bertz CT molecular complexity index is 729. The first-order chi connectivity index (χ1) is 18.3. The van der Waals surface area contributed by atoms with Gasteiger partial charge in [0.2, 0.25) is 5.91 Å². The number of thioether (sulfide) groups is 2. The van der Waals surface area contributed by atoms with Crippen LogP contribution in [0.25, 0.3) is 0 Å². The number of ether oxygens (including phenoxy) is 2. The molecule has 1 saturated heterocycles. The van der Waals surface area contributed by atoms with Crippen LogP contribution in [-0.2, 0) is 33.4 Å². The van der Waals surface area contributed by atoms with Gasteiger partial charge in [0.25, 0.3) is 6.47 Å². The van der Waals surface area contributed by atoms with Crippen molar-refractivity contribution in [3.63, 3.8) is 0 Å². The van der Waals surface area contributed by atoms with Gasteiger partial charge in [-0.05, 0) is 44.4 Å². The quantitative estimate of drug-likeness (QED) is 0.0956. The first-order valence-electron chi connectivity index (χ1n) is 13.5. The lowest BCUT2D eigenvalue weighted by Crippen LogP contribution is -2.45. The van der Waals surface area contributed by atoms with Gasteiger partial charge in [0.05, 0.1) is 0 Å². The minimum atomic E-state index is -0.609. The third-order valence-electron chi connectivity index (χ3n) is 6.32. The molecule has 4 atom stereocenters. The van der Waals surface area contributed by atoms with E-state index in [-0.39, 0.29) is 41.0 Å². The van der Waals surface area contributed by atoms with Gasteiger partial charge in [-0.1, -0.05) is 31.5 Å². The van der Waals surface area contributed by atoms with Gasteiger partial charge >= 0.3 is 5.97 Å². The molecule has 4 unspecified atom stereocenters. The summed E-state index contributed by atoms with van der Waals surface area (Å²) < 4.78 is 10.8. The number of nitrogens with one attached hydrogen (secondary N) is 1. The summed E-state index contributed by atoms with van der Waals surface area (Å²) in [6.07, 6.45) is 6.67. The highest BCUT2D eigenvalue weighted by atomic mass is 32.2. The predicted molar refractivity (Wildman–Crippen MR) is 150 cm³/mol. The number of unbranched alkanes of at least 4 members (excludes halogenated alkanes) is 1. The normalized spacial score (nSPS) is 18.1. The zero-order valence-corrected chi connectivity index (χ0v) is 24.4. The van der Waals surface area contributed by atoms with E-state index in [9.17, 15) is 24.0 Å². The number of nitrogens with zero attached hydrogens (tertiary/aromatic N) is 1. The number of carbonyl (C=O) groups is 5. The van der Waals surface area contributed by atoms with Crippen LogP contribution in [-0.4, -0.2) is 83.5 Å². The first kappa shape index (κ1) is 34.4. The molecule has 0 aromatic carbocycles. The summed E-state index contributed by atoms with van der Waals surface area (Å²) in [5.74, 6) is 0.693. The van der Waals surface area contributed by atoms with Crippen LogP contribution in [0.15, 0.2) is 0 Å². The average molecular weight is 576 g/mol. The van der Waals surface area contributed by atoms with Crippen LogP contribution < -0.4 is 11.1 Å². The number of hydrogen-bond acceptors (Lipinski definition) is 11. The van der Waals surface area contributed by atoms with E-state index >= 15 is 0 Å². The van der Waals surface area contributed by atoms with Crippen molar-refractivity contribution < 1.29 is 33.4 Å². The summed E-state index contributed by atoms with van der Waals surface area (Å²) in [7, 11) is 0. The summed E-state index contributed by atoms with van der Waals surface area (Å²) in [4.78, 5) is 59.8. The molecule has 1 aliphatic rings. The van der Waals surface area contributed by atoms with Crippen molar-refractivity contribution in [1.82, 2.24) is 10.2 Å². The van der Waals surface area contributed by atoms with Crippen molar-refractivity contribution in [3.05, 3.63) is 0 Å². The number of esters is 1. The molecule has 218 valence electrons. The molecular formula is C26H45N3O7S2. The Morgan fingerprint density at radius 1 is 1.13 bits per heavy atom. The summed E-state index contributed by atoms with van der Waals surface area (Å²) in [6.45, 7) is 4.99. The largest absolute Gasteiger partial charge is 0.446 e. The number of nitrogens with two attached hydrogens (primary N) is 1. The Balaban J connectivity index is 2.46. The summed E-state index contributed by atoms with van der Waals surface area (Å²) in [6, 6.07) is 0. The zero-order chi connectivity index (χ0) is 28.2. The second kappa shape index (κ2) is 21.2. The topological polar surface area (TPSA) is 145 Å². The van der Waals surface area contributed by atoms with Gasteiger partial charge in [0.1, 0.15) is 6.29 Å². The zero-order valence-electron chi connectivity index (χ0n) is 22.8. The highest BCUT2D eigenvalue weighted by Crippen LogP contribution is 2.24. The van der Waals surface area contributed by atoms with Crippen LogP contribution in [0.2, 0.25) is 0 Å². The Labute approximate surface area is 235 Å². The molecule has 0 aromatic heterocycles. The predicted octanol–water partition coefficient (Wildman–Crippen LogP) is 2.86. The third kappa shape index (κ3) is 15.1. The molecule has 1 amide bonds. The molecule has 1 fully saturated rings. The van der Waals surface area contributed by atoms with Gasteiger partial charge < -0.3 is 24.9 Å². The molecule has 0 radical (unpaired) electrons. The molecule has 0 aliphatic carbocycles. The van der Waals surface area contributed by atoms with Crippen LogP contribution in [0.4, 0.5) is 0 Å². The lowest BCUT2D eigenvalue weighted by atomic mass is 10.1. The highest BCUT2D eigenvalue weighted by molar-refractivity contribution is 8.14. The Morgan fingerprint density at radius 2 is 1.92 bits per heavy atom. The minimum Gasteiger partial charge on any atom is -0.446 e. The van der Waals surface area contributed by atoms with Crippen LogP contribution in [0.1, 0.15) is 78.1 Å². The van der Waals surface area contributed by atoms with Gasteiger partial charge in [-0.2, -0.15) is 11.8 Å². The first-order valence-corrected chi connectivity index (χ1v) is 15.6. The summed E-state index contributed by atoms with van der Waals surface area (Å²) >= 11 is 2.88. The maximum atomic E-state index is 12.8. The molecule has 1 rings (SSSR count). The number of aldehydes is 1. The van der Waals surface area contributed by atoms with E-state index in [2.05, 4.69) is 5.32 Å². The maximum Gasteiger partial charge on any atom is 0.307 e. The molecule has 0 spiro atoms. The van der Waals surface area contributed by atoms with Gasteiger partial charge in [-0.25, -0.2) is 0 Å². The molecule has 3 N–H and O–H groups in total. The van der Waals surface area contributed by atoms with Crippen molar-refractivity contribution in [2.45, 2.75) is 95.8 Å². The Morgan fingerprint density at radius 3 is 2.61 bits per heavy atom. The van der Waals surface area contributed by atoms with Gasteiger partial charge in [-0.15, -0.1) is 0 Å². The fourth-order valence-electron chi connectivity index (χ4n) is 4.20. The van der Waals surface area contributed by atoms with E-state index < -0.39 is 12.5 Å². The van der Waals surface area contributed by atoms with Gasteiger partial charge in [-0.3, -0.25) is 24.5 Å². The van der Waals surface area contributed by atoms with Crippen molar-refractivity contribution >= 4 is 53.3 Å². The molecule has 1 aliphatic heterocycles. The Hall–Kier alpha value is -1.63. The van der Waals surface area contributed by atoms with Crippen LogP contribution in [0.5, 0.6) is 0 Å². The number of likely N-dealkylation sites (tertiary alicyclic amines) is 1. The number of carbonyl (C=O) groups excluding carboxylic acids is 5. The molecular weight excluding hydrogens is 530 g/mol. The van der Waals surface area contributed by atoms with E-state index in [0.717, 1.165) is 50.6 Å². The fraction of sp³-hybridized carbons (Fsp3) is 0.808. The van der Waals surface area contributed by atoms with Crippen molar-refractivity contribution in [2.75, 3.05) is 31.1 Å². The smallest absolute Gasteiger partial charge is 0.307 e. The van der Waals surface area contributed by atoms with Gasteiger partial charge in [0, 0.05) is 56.2 Å². The Kier molecular flexibility index (Phi) is 19.2. The second-order valence-corrected chi connectivity index (χ2v) is 12.1. The second-order valence-electron chi connectivity index (χ2n) is 9.46. The summed E-state index contributed by atoms with van der Waals surface area (Å²) in [5, 5.41) is 3.39. The molecule has 10 nitrogen and oxygen atoms in total. The fourth-order valence-corrected chi connectivity index (χ4v) is 6.05. The average Bonchev–Trinajstić information content (AvgIpc) is 3.13. The van der Waals surface area contributed by atoms with E-state index in [0.29, 0.717) is 44.7 Å². The van der Waals surface area contributed by atoms with Crippen molar-refractivity contribution in [3.8, 4) is 0 Å². The minimum absolute atomic E-state index is 0.0700. The van der Waals surface area contributed by atoms with E-state index in [1.807, 2.05) is 6.92 Å². The number of hydrogen-bond donors (Lipinski definition) is 2. The molecule has 0 aromatic rings. The summed E-state index contributed by atoms with van der Waals surface area (Å²) in [5.41, 5.74) is 5.81. The van der Waals surface area contributed by atoms with Crippen LogP contribution >= 0.6 is 23.5 Å². The highest BCUT2D eigenvalue weighted by Gasteiger charge is 2.27. The van der Waals surface area contributed by atoms with Crippen LogP contribution in [0, 0.1) is 5.92 Å². The molecule has 38 heavy (non-hydrogen) atoms. The molecule has 1 heterocycles. The maximum absolute atomic E-state index is 12.8. The van der Waals surface area contributed by atoms with E-state index in [4.69, 9.17) is 15.2 Å². The number of rotatable bonds is 20. The SMILES string of the molecule is CC(=O)SC(CCCCC(=O)OC(NCCC(=O)N1CCCCCC1OC=O)C(C)CN)CCSCC=O.